The summed E-state index contributed by atoms with van der Waals surface area (Å²) in [6, 6.07) is 6.77. The number of amides is 1. The maximum Gasteiger partial charge on any atom is 0.333 e. The number of benzene rings is 1. The molecule has 1 fully saturated rings. The van der Waals surface area contributed by atoms with Gasteiger partial charge in [0, 0.05) is 30.3 Å². The largest absolute Gasteiger partial charge is 0.348 e. The van der Waals surface area contributed by atoms with Crippen LogP contribution in [0.4, 0.5) is 10.8 Å². The molecule has 1 amide bonds. The number of thiazole rings is 1. The second kappa shape index (κ2) is 8.00. The summed E-state index contributed by atoms with van der Waals surface area (Å²) in [5.41, 5.74) is -0.101. The van der Waals surface area contributed by atoms with Crippen molar-refractivity contribution in [3.63, 3.8) is 0 Å². The topological polar surface area (TPSA) is 89.2 Å². The third-order valence-corrected chi connectivity index (χ3v) is 6.19. The fraction of sp³-hybridized carbons (Fsp3) is 0.368. The summed E-state index contributed by atoms with van der Waals surface area (Å²) in [5.74, 6) is -0.396. The van der Waals surface area contributed by atoms with E-state index in [4.69, 9.17) is 11.6 Å². The van der Waals surface area contributed by atoms with Gasteiger partial charge in [-0.1, -0.05) is 29.0 Å². The van der Waals surface area contributed by atoms with Crippen LogP contribution in [0.3, 0.4) is 0 Å². The monoisotopic (exact) mass is 433 g/mol. The Bertz CT molecular complexity index is 1190. The van der Waals surface area contributed by atoms with Crippen molar-refractivity contribution in [3.05, 3.63) is 50.1 Å². The second-order valence-electron chi connectivity index (χ2n) is 6.82. The molecule has 2 aromatic heterocycles. The first-order valence-corrected chi connectivity index (χ1v) is 10.6. The van der Waals surface area contributed by atoms with Crippen LogP contribution >= 0.6 is 22.9 Å². The van der Waals surface area contributed by atoms with Crippen molar-refractivity contribution in [2.75, 3.05) is 23.3 Å². The van der Waals surface area contributed by atoms with Gasteiger partial charge < -0.3 is 10.2 Å². The van der Waals surface area contributed by atoms with Crippen LogP contribution in [0.5, 0.6) is 0 Å². The zero-order chi connectivity index (χ0) is 20.5. The van der Waals surface area contributed by atoms with E-state index in [-0.39, 0.29) is 24.3 Å². The highest BCUT2D eigenvalue weighted by Gasteiger charge is 2.22. The number of halogens is 1. The molecule has 0 atom stereocenters. The van der Waals surface area contributed by atoms with Gasteiger partial charge in [-0.2, -0.15) is 0 Å². The third-order valence-electron chi connectivity index (χ3n) is 4.86. The molecule has 1 aliphatic rings. The molecule has 0 bridgehead atoms. The van der Waals surface area contributed by atoms with E-state index < -0.39 is 11.6 Å². The molecule has 1 N–H and O–H groups in total. The maximum atomic E-state index is 12.9. The van der Waals surface area contributed by atoms with Crippen LogP contribution in [0, 0.1) is 0 Å². The first-order chi connectivity index (χ1) is 14.0. The molecule has 0 unspecified atom stereocenters. The molecule has 0 saturated carbocycles. The average Bonchev–Trinajstić information content (AvgIpc) is 3.35. The van der Waals surface area contributed by atoms with Crippen molar-refractivity contribution in [2.24, 2.45) is 0 Å². The molecule has 8 nitrogen and oxygen atoms in total. The SMILES string of the molecule is CCn1c(=O)c2sc(N3CCCC3)nc2n(CC(=O)Nc2cccc(Cl)c2)c1=O. The number of hydrogen-bond acceptors (Lipinski definition) is 6. The predicted molar refractivity (Wildman–Crippen MR) is 115 cm³/mol. The number of carbonyl (C=O) groups is 1. The van der Waals surface area contributed by atoms with Gasteiger partial charge in [-0.3, -0.25) is 18.7 Å². The van der Waals surface area contributed by atoms with Crippen LogP contribution in [-0.4, -0.2) is 33.1 Å². The summed E-state index contributed by atoms with van der Waals surface area (Å²) in [5, 5.41) is 3.94. The lowest BCUT2D eigenvalue weighted by atomic mass is 10.3. The van der Waals surface area contributed by atoms with Crippen LogP contribution < -0.4 is 21.5 Å². The molecule has 3 heterocycles. The van der Waals surface area contributed by atoms with Gasteiger partial charge in [-0.15, -0.1) is 0 Å². The highest BCUT2D eigenvalue weighted by atomic mass is 35.5. The van der Waals surface area contributed by atoms with E-state index in [1.54, 1.807) is 31.2 Å². The fourth-order valence-corrected chi connectivity index (χ4v) is 4.71. The Hall–Kier alpha value is -2.65. The Morgan fingerprint density at radius 1 is 1.24 bits per heavy atom. The Labute approximate surface area is 175 Å². The number of hydrogen-bond donors (Lipinski definition) is 1. The molecular formula is C19H20ClN5O3S. The summed E-state index contributed by atoms with van der Waals surface area (Å²) in [6.07, 6.45) is 2.15. The molecule has 29 heavy (non-hydrogen) atoms. The number of anilines is 2. The third kappa shape index (κ3) is 3.79. The number of carbonyl (C=O) groups excluding carboxylic acids is 1. The number of nitrogens with one attached hydrogen (secondary N) is 1. The van der Waals surface area contributed by atoms with Gasteiger partial charge in [0.2, 0.25) is 5.91 Å². The van der Waals surface area contributed by atoms with Crippen LogP contribution in [0.25, 0.3) is 10.3 Å². The van der Waals surface area contributed by atoms with Gasteiger partial charge in [-0.05, 0) is 38.0 Å². The van der Waals surface area contributed by atoms with Gasteiger partial charge in [-0.25, -0.2) is 9.78 Å². The first kappa shape index (κ1) is 19.7. The molecule has 1 aliphatic heterocycles. The van der Waals surface area contributed by atoms with Crippen LogP contribution in [-0.2, 0) is 17.9 Å². The Morgan fingerprint density at radius 3 is 2.69 bits per heavy atom. The highest BCUT2D eigenvalue weighted by Crippen LogP contribution is 2.28. The summed E-state index contributed by atoms with van der Waals surface area (Å²) < 4.78 is 2.81. The maximum absolute atomic E-state index is 12.9. The van der Waals surface area contributed by atoms with E-state index in [1.807, 2.05) is 0 Å². The molecule has 10 heteroatoms. The molecule has 1 saturated heterocycles. The highest BCUT2D eigenvalue weighted by molar-refractivity contribution is 7.22. The minimum absolute atomic E-state index is 0.223. The summed E-state index contributed by atoms with van der Waals surface area (Å²) in [6.45, 7) is 3.46. The van der Waals surface area contributed by atoms with Crippen molar-refractivity contribution in [3.8, 4) is 0 Å². The van der Waals surface area contributed by atoms with E-state index in [0.29, 0.717) is 20.5 Å². The van der Waals surface area contributed by atoms with Crippen LogP contribution in [0.1, 0.15) is 19.8 Å². The zero-order valence-corrected chi connectivity index (χ0v) is 17.4. The molecule has 152 valence electrons. The second-order valence-corrected chi connectivity index (χ2v) is 8.23. The first-order valence-electron chi connectivity index (χ1n) is 9.42. The molecule has 0 radical (unpaired) electrons. The number of aromatic nitrogens is 3. The normalized spacial score (nSPS) is 13.9. The lowest BCUT2D eigenvalue weighted by molar-refractivity contribution is -0.116. The Kier molecular flexibility index (Phi) is 5.42. The Balaban J connectivity index is 1.74. The standard InChI is InChI=1S/C19H20ClN5O3S/c1-2-24-17(27)15-16(22-18(29-15)23-8-3-4-9-23)25(19(24)28)11-14(26)21-13-7-5-6-12(20)10-13/h5-7,10H,2-4,8-9,11H2,1H3,(H,21,26). The quantitative estimate of drug-likeness (QED) is 0.667. The summed E-state index contributed by atoms with van der Waals surface area (Å²) >= 11 is 7.24. The van der Waals surface area contributed by atoms with Gasteiger partial charge in [0.15, 0.2) is 10.8 Å². The summed E-state index contributed by atoms with van der Waals surface area (Å²) in [4.78, 5) is 44.9. The minimum atomic E-state index is -0.537. The van der Waals surface area contributed by atoms with Crippen molar-refractivity contribution in [1.29, 1.82) is 0 Å². The van der Waals surface area contributed by atoms with E-state index in [1.165, 1.54) is 15.9 Å². The smallest absolute Gasteiger partial charge is 0.333 e. The minimum Gasteiger partial charge on any atom is -0.348 e. The molecule has 1 aromatic carbocycles. The van der Waals surface area contributed by atoms with Gasteiger partial charge in [0.05, 0.1) is 0 Å². The van der Waals surface area contributed by atoms with Gasteiger partial charge in [0.1, 0.15) is 11.2 Å². The Morgan fingerprint density at radius 2 is 2.00 bits per heavy atom. The van der Waals surface area contributed by atoms with Gasteiger partial charge in [0.25, 0.3) is 5.56 Å². The zero-order valence-electron chi connectivity index (χ0n) is 15.9. The number of rotatable bonds is 5. The van der Waals surface area contributed by atoms with E-state index >= 15 is 0 Å². The van der Waals surface area contributed by atoms with Crippen molar-refractivity contribution in [2.45, 2.75) is 32.9 Å². The van der Waals surface area contributed by atoms with E-state index in [2.05, 4.69) is 15.2 Å². The lowest BCUT2D eigenvalue weighted by Crippen LogP contribution is -2.41. The number of fused-ring (bicyclic) bond motifs is 1. The molecular weight excluding hydrogens is 414 g/mol. The molecule has 4 rings (SSSR count). The van der Waals surface area contributed by atoms with Crippen LogP contribution in [0.15, 0.2) is 33.9 Å². The molecule has 3 aromatic rings. The van der Waals surface area contributed by atoms with E-state index in [0.717, 1.165) is 30.5 Å². The lowest BCUT2D eigenvalue weighted by Gasteiger charge is -2.12. The van der Waals surface area contributed by atoms with E-state index in [9.17, 15) is 14.4 Å². The fourth-order valence-electron chi connectivity index (χ4n) is 3.44. The summed E-state index contributed by atoms with van der Waals surface area (Å²) in [7, 11) is 0. The van der Waals surface area contributed by atoms with Gasteiger partial charge >= 0.3 is 5.69 Å². The molecule has 0 spiro atoms. The van der Waals surface area contributed by atoms with Crippen LogP contribution in [0.2, 0.25) is 5.02 Å². The molecule has 0 aliphatic carbocycles. The predicted octanol–water partition coefficient (Wildman–Crippen LogP) is 2.53. The van der Waals surface area contributed by atoms with Crippen molar-refractivity contribution < 1.29 is 4.79 Å². The average molecular weight is 434 g/mol. The van der Waals surface area contributed by atoms with Crippen molar-refractivity contribution in [1.82, 2.24) is 14.1 Å². The number of nitrogens with zero attached hydrogens (tertiary/aromatic N) is 4. The van der Waals surface area contributed by atoms with Crippen molar-refractivity contribution >= 4 is 50.0 Å².